The van der Waals surface area contributed by atoms with Crippen molar-refractivity contribution in [1.29, 1.82) is 0 Å². The zero-order chi connectivity index (χ0) is 16.5. The van der Waals surface area contributed by atoms with Crippen LogP contribution >= 0.6 is 11.5 Å². The van der Waals surface area contributed by atoms with Crippen molar-refractivity contribution in [2.24, 2.45) is 7.05 Å². The first-order valence-electron chi connectivity index (χ1n) is 7.96. The van der Waals surface area contributed by atoms with Gasteiger partial charge in [0.05, 0.1) is 7.11 Å². The molecule has 1 N–H and O–H groups in total. The molecular weight excluding hydrogens is 322 g/mol. The van der Waals surface area contributed by atoms with Gasteiger partial charge < -0.3 is 14.6 Å². The van der Waals surface area contributed by atoms with Gasteiger partial charge in [0.2, 0.25) is 5.13 Å². The number of anilines is 1. The van der Waals surface area contributed by atoms with E-state index in [0.29, 0.717) is 5.92 Å². The van der Waals surface area contributed by atoms with Crippen molar-refractivity contribution in [2.45, 2.75) is 24.8 Å². The lowest BCUT2D eigenvalue weighted by Gasteiger charge is -2.20. The molecule has 0 amide bonds. The molecule has 1 unspecified atom stereocenters. The molecular formula is C17H19N5OS. The molecule has 0 bridgehead atoms. The molecule has 2 heterocycles. The molecule has 1 saturated carbocycles. The average molecular weight is 341 g/mol. The molecule has 1 aliphatic carbocycles. The van der Waals surface area contributed by atoms with Gasteiger partial charge in [-0.15, -0.1) is 0 Å². The molecule has 1 fully saturated rings. The molecule has 0 radical (unpaired) electrons. The molecule has 2 aromatic heterocycles. The number of nitrogens with zero attached hydrogens (tertiary/aromatic N) is 4. The molecule has 124 valence electrons. The van der Waals surface area contributed by atoms with Crippen LogP contribution in [0.3, 0.4) is 0 Å². The molecule has 7 heteroatoms. The second-order valence-corrected chi connectivity index (χ2v) is 6.70. The summed E-state index contributed by atoms with van der Waals surface area (Å²) in [6.45, 7) is 0. The first-order chi connectivity index (χ1) is 11.8. The fourth-order valence-electron chi connectivity index (χ4n) is 2.77. The zero-order valence-electron chi connectivity index (χ0n) is 13.6. The SMILES string of the molecule is COc1ccccc1C(Nc1nc(C2CC2)ns1)c1nccn1C. The Labute approximate surface area is 144 Å². The summed E-state index contributed by atoms with van der Waals surface area (Å²) in [5.74, 6) is 3.24. The van der Waals surface area contributed by atoms with E-state index in [4.69, 9.17) is 4.74 Å². The van der Waals surface area contributed by atoms with Gasteiger partial charge in [-0.1, -0.05) is 18.2 Å². The third kappa shape index (κ3) is 2.87. The molecule has 3 aromatic rings. The number of methoxy groups -OCH3 is 1. The molecule has 6 nitrogen and oxygen atoms in total. The van der Waals surface area contributed by atoms with Gasteiger partial charge in [0, 0.05) is 42.5 Å². The van der Waals surface area contributed by atoms with Gasteiger partial charge in [-0.3, -0.25) is 0 Å². The first kappa shape index (κ1) is 15.1. The highest BCUT2D eigenvalue weighted by atomic mass is 32.1. The summed E-state index contributed by atoms with van der Waals surface area (Å²) >= 11 is 1.41. The van der Waals surface area contributed by atoms with Crippen molar-refractivity contribution >= 4 is 16.7 Å². The number of nitrogens with one attached hydrogen (secondary N) is 1. The summed E-state index contributed by atoms with van der Waals surface area (Å²) in [5, 5.41) is 4.31. The van der Waals surface area contributed by atoms with Crippen molar-refractivity contribution in [1.82, 2.24) is 18.9 Å². The van der Waals surface area contributed by atoms with E-state index in [9.17, 15) is 0 Å². The van der Waals surface area contributed by atoms with E-state index in [-0.39, 0.29) is 6.04 Å². The molecule has 0 spiro atoms. The quantitative estimate of drug-likeness (QED) is 0.745. The predicted molar refractivity (Wildman–Crippen MR) is 93.6 cm³/mol. The Kier molecular flexibility index (Phi) is 3.93. The first-order valence-corrected chi connectivity index (χ1v) is 8.74. The van der Waals surface area contributed by atoms with Crippen molar-refractivity contribution in [3.63, 3.8) is 0 Å². The zero-order valence-corrected chi connectivity index (χ0v) is 14.5. The lowest BCUT2D eigenvalue weighted by Crippen LogP contribution is -2.17. The molecule has 24 heavy (non-hydrogen) atoms. The van der Waals surface area contributed by atoms with Crippen molar-refractivity contribution in [3.05, 3.63) is 53.9 Å². The maximum Gasteiger partial charge on any atom is 0.203 e. The fraction of sp³-hybridized carbons (Fsp3) is 0.353. The number of benzene rings is 1. The van der Waals surface area contributed by atoms with Gasteiger partial charge in [-0.25, -0.2) is 9.97 Å². The summed E-state index contributed by atoms with van der Waals surface area (Å²) in [7, 11) is 3.67. The standard InChI is InChI=1S/C17H19N5OS/c1-22-10-9-18-16(22)14(12-5-3-4-6-13(12)23-2)19-17-20-15(21-24-17)11-7-8-11/h3-6,9-11,14H,7-8H2,1-2H3,(H,19,20,21). The second kappa shape index (κ2) is 6.24. The minimum atomic E-state index is -0.152. The highest BCUT2D eigenvalue weighted by Crippen LogP contribution is 2.40. The fourth-order valence-corrected chi connectivity index (χ4v) is 3.44. The smallest absolute Gasteiger partial charge is 0.203 e. The van der Waals surface area contributed by atoms with Gasteiger partial charge in [0.1, 0.15) is 23.4 Å². The molecule has 0 aliphatic heterocycles. The van der Waals surface area contributed by atoms with Crippen LogP contribution in [0.25, 0.3) is 0 Å². The number of hydrogen-bond acceptors (Lipinski definition) is 6. The third-order valence-electron chi connectivity index (χ3n) is 4.22. The van der Waals surface area contributed by atoms with Crippen LogP contribution in [0.15, 0.2) is 36.7 Å². The van der Waals surface area contributed by atoms with Crippen LogP contribution in [0.5, 0.6) is 5.75 Å². The minimum Gasteiger partial charge on any atom is -0.496 e. The van der Waals surface area contributed by atoms with Crippen LogP contribution in [0.4, 0.5) is 5.13 Å². The van der Waals surface area contributed by atoms with Crippen LogP contribution in [0.2, 0.25) is 0 Å². The molecule has 4 rings (SSSR count). The maximum absolute atomic E-state index is 5.55. The Morgan fingerprint density at radius 3 is 2.88 bits per heavy atom. The Morgan fingerprint density at radius 1 is 1.33 bits per heavy atom. The van der Waals surface area contributed by atoms with Crippen LogP contribution in [-0.2, 0) is 7.05 Å². The highest BCUT2D eigenvalue weighted by molar-refractivity contribution is 7.09. The largest absolute Gasteiger partial charge is 0.496 e. The van der Waals surface area contributed by atoms with Gasteiger partial charge in [0.15, 0.2) is 0 Å². The minimum absolute atomic E-state index is 0.152. The number of imidazole rings is 1. The van der Waals surface area contributed by atoms with Crippen LogP contribution in [0.1, 0.15) is 42.0 Å². The number of para-hydroxylation sites is 1. The van der Waals surface area contributed by atoms with Crippen molar-refractivity contribution in [3.8, 4) is 5.75 Å². The Morgan fingerprint density at radius 2 is 2.17 bits per heavy atom. The third-order valence-corrected chi connectivity index (χ3v) is 4.88. The summed E-state index contributed by atoms with van der Waals surface area (Å²) in [6.07, 6.45) is 6.14. The summed E-state index contributed by atoms with van der Waals surface area (Å²) < 4.78 is 12.0. The van der Waals surface area contributed by atoms with Gasteiger partial charge in [-0.05, 0) is 18.9 Å². The lowest BCUT2D eigenvalue weighted by atomic mass is 10.1. The van der Waals surface area contributed by atoms with E-state index in [1.807, 2.05) is 42.1 Å². The van der Waals surface area contributed by atoms with E-state index in [2.05, 4.69) is 19.7 Å². The second-order valence-electron chi connectivity index (χ2n) is 5.95. The highest BCUT2D eigenvalue weighted by Gasteiger charge is 2.29. The molecule has 1 atom stereocenters. The van der Waals surface area contributed by atoms with E-state index >= 15 is 0 Å². The van der Waals surface area contributed by atoms with Gasteiger partial charge >= 0.3 is 0 Å². The Balaban J connectivity index is 1.71. The topological polar surface area (TPSA) is 64.9 Å². The number of aryl methyl sites for hydroxylation is 1. The normalized spacial score (nSPS) is 15.2. The van der Waals surface area contributed by atoms with Gasteiger partial charge in [0.25, 0.3) is 0 Å². The van der Waals surface area contributed by atoms with E-state index in [1.165, 1.54) is 24.4 Å². The van der Waals surface area contributed by atoms with Crippen molar-refractivity contribution < 1.29 is 4.74 Å². The maximum atomic E-state index is 5.55. The number of aromatic nitrogens is 4. The average Bonchev–Trinajstić information content (AvgIpc) is 3.21. The predicted octanol–water partition coefficient (Wildman–Crippen LogP) is 3.36. The van der Waals surface area contributed by atoms with E-state index in [0.717, 1.165) is 28.1 Å². The number of hydrogen-bond donors (Lipinski definition) is 1. The number of ether oxygens (including phenoxy) is 1. The monoisotopic (exact) mass is 341 g/mol. The lowest BCUT2D eigenvalue weighted by molar-refractivity contribution is 0.408. The van der Waals surface area contributed by atoms with Gasteiger partial charge in [-0.2, -0.15) is 4.37 Å². The molecule has 0 saturated heterocycles. The molecule has 1 aliphatic rings. The van der Waals surface area contributed by atoms with E-state index in [1.54, 1.807) is 13.3 Å². The van der Waals surface area contributed by atoms with Crippen LogP contribution in [-0.4, -0.2) is 26.0 Å². The van der Waals surface area contributed by atoms with Crippen LogP contribution < -0.4 is 10.1 Å². The molecule has 1 aromatic carbocycles. The summed E-state index contributed by atoms with van der Waals surface area (Å²) in [4.78, 5) is 9.17. The van der Waals surface area contributed by atoms with Crippen molar-refractivity contribution in [2.75, 3.05) is 12.4 Å². The Bertz CT molecular complexity index is 839. The Hall–Kier alpha value is -2.41. The summed E-state index contributed by atoms with van der Waals surface area (Å²) in [6, 6.07) is 7.83. The van der Waals surface area contributed by atoms with Crippen LogP contribution in [0, 0.1) is 0 Å². The summed E-state index contributed by atoms with van der Waals surface area (Å²) in [5.41, 5.74) is 1.03. The number of rotatable bonds is 6. The van der Waals surface area contributed by atoms with E-state index < -0.39 is 0 Å².